The molecule has 0 radical (unpaired) electrons. The maximum atomic E-state index is 12.2. The van der Waals surface area contributed by atoms with Gasteiger partial charge in [0.15, 0.2) is 0 Å². The molecule has 1 unspecified atom stereocenters. The average Bonchev–Trinajstić information content (AvgIpc) is 2.61. The topological polar surface area (TPSA) is 57.3 Å². The van der Waals surface area contributed by atoms with Gasteiger partial charge in [0.1, 0.15) is 0 Å². The highest BCUT2D eigenvalue weighted by Gasteiger charge is 2.24. The standard InChI is InChI=1S/C18H21BrN4O.ClH/c19-15-4-1-5-16(11-15)22-18(24)6-9-23-10-8-21-13-17(23)14-3-2-7-20-12-14;/h1-5,7,11-12,17,21H,6,8-10,13H2,(H,22,24);1H. The number of anilines is 1. The molecule has 2 heterocycles. The van der Waals surface area contributed by atoms with Crippen LogP contribution < -0.4 is 10.6 Å². The third-order valence-corrected chi connectivity index (χ3v) is 4.65. The number of nitrogens with zero attached hydrogens (tertiary/aromatic N) is 2. The largest absolute Gasteiger partial charge is 0.326 e. The zero-order valence-corrected chi connectivity index (χ0v) is 16.2. The third-order valence-electron chi connectivity index (χ3n) is 4.16. The predicted molar refractivity (Wildman–Crippen MR) is 106 cm³/mol. The number of carbonyl (C=O) groups is 1. The second-order valence-corrected chi connectivity index (χ2v) is 6.77. The van der Waals surface area contributed by atoms with Crippen molar-refractivity contribution in [3.05, 3.63) is 58.8 Å². The first kappa shape index (κ1) is 19.8. The molecule has 25 heavy (non-hydrogen) atoms. The summed E-state index contributed by atoms with van der Waals surface area (Å²) in [6.07, 6.45) is 4.17. The average molecular weight is 426 g/mol. The molecule has 0 spiro atoms. The second-order valence-electron chi connectivity index (χ2n) is 5.85. The third kappa shape index (κ3) is 5.78. The fourth-order valence-corrected chi connectivity index (χ4v) is 3.35. The first-order valence-corrected chi connectivity index (χ1v) is 8.92. The molecule has 1 aromatic heterocycles. The monoisotopic (exact) mass is 424 g/mol. The lowest BCUT2D eigenvalue weighted by atomic mass is 10.1. The highest BCUT2D eigenvalue weighted by Crippen LogP contribution is 2.21. The van der Waals surface area contributed by atoms with Gasteiger partial charge in [-0.15, -0.1) is 12.4 Å². The van der Waals surface area contributed by atoms with E-state index in [1.54, 1.807) is 6.20 Å². The van der Waals surface area contributed by atoms with E-state index in [0.29, 0.717) is 6.42 Å². The number of benzene rings is 1. The molecule has 1 aliphatic rings. The Kier molecular flexibility index (Phi) is 7.84. The van der Waals surface area contributed by atoms with Crippen LogP contribution in [0, 0.1) is 0 Å². The molecule has 1 aromatic carbocycles. The van der Waals surface area contributed by atoms with Gasteiger partial charge in [0.05, 0.1) is 0 Å². The molecule has 2 aromatic rings. The van der Waals surface area contributed by atoms with Crippen molar-refractivity contribution in [2.24, 2.45) is 0 Å². The van der Waals surface area contributed by atoms with Gasteiger partial charge in [-0.1, -0.05) is 28.1 Å². The van der Waals surface area contributed by atoms with Crippen molar-refractivity contribution in [3.63, 3.8) is 0 Å². The number of piperazine rings is 1. The van der Waals surface area contributed by atoms with Crippen molar-refractivity contribution in [3.8, 4) is 0 Å². The Morgan fingerprint density at radius 3 is 3.00 bits per heavy atom. The van der Waals surface area contributed by atoms with Crippen molar-refractivity contribution in [1.82, 2.24) is 15.2 Å². The summed E-state index contributed by atoms with van der Waals surface area (Å²) < 4.78 is 0.957. The Bertz CT molecular complexity index is 686. The molecular formula is C18H22BrClN4O. The summed E-state index contributed by atoms with van der Waals surface area (Å²) in [5.41, 5.74) is 2.01. The minimum atomic E-state index is 0. The van der Waals surface area contributed by atoms with Gasteiger partial charge >= 0.3 is 0 Å². The highest BCUT2D eigenvalue weighted by molar-refractivity contribution is 9.10. The molecule has 1 aliphatic heterocycles. The number of rotatable bonds is 5. The maximum absolute atomic E-state index is 12.2. The molecule has 134 valence electrons. The summed E-state index contributed by atoms with van der Waals surface area (Å²) in [5, 5.41) is 6.38. The van der Waals surface area contributed by atoms with Crippen LogP contribution in [0.1, 0.15) is 18.0 Å². The van der Waals surface area contributed by atoms with Crippen LogP contribution >= 0.6 is 28.3 Å². The van der Waals surface area contributed by atoms with Crippen LogP contribution in [-0.4, -0.2) is 42.0 Å². The van der Waals surface area contributed by atoms with E-state index in [-0.39, 0.29) is 24.4 Å². The van der Waals surface area contributed by atoms with Crippen LogP contribution in [0.5, 0.6) is 0 Å². The maximum Gasteiger partial charge on any atom is 0.225 e. The highest BCUT2D eigenvalue weighted by atomic mass is 79.9. The van der Waals surface area contributed by atoms with Gasteiger partial charge in [-0.05, 0) is 29.8 Å². The van der Waals surface area contributed by atoms with Crippen molar-refractivity contribution in [1.29, 1.82) is 0 Å². The van der Waals surface area contributed by atoms with Gasteiger partial charge in [-0.2, -0.15) is 0 Å². The Balaban J connectivity index is 0.00000225. The summed E-state index contributed by atoms with van der Waals surface area (Å²) in [7, 11) is 0. The zero-order valence-electron chi connectivity index (χ0n) is 13.8. The molecular weight excluding hydrogens is 404 g/mol. The summed E-state index contributed by atoms with van der Waals surface area (Å²) >= 11 is 3.41. The summed E-state index contributed by atoms with van der Waals surface area (Å²) in [6, 6.07) is 12.0. The van der Waals surface area contributed by atoms with Crippen LogP contribution in [0.3, 0.4) is 0 Å². The van der Waals surface area contributed by atoms with Crippen LogP contribution in [-0.2, 0) is 4.79 Å². The molecule has 0 aliphatic carbocycles. The minimum absolute atomic E-state index is 0. The van der Waals surface area contributed by atoms with Crippen LogP contribution in [0.15, 0.2) is 53.3 Å². The van der Waals surface area contributed by atoms with E-state index in [9.17, 15) is 4.79 Å². The molecule has 1 fully saturated rings. The Hall–Kier alpha value is -1.47. The summed E-state index contributed by atoms with van der Waals surface area (Å²) in [5.74, 6) is 0.0385. The Morgan fingerprint density at radius 2 is 2.24 bits per heavy atom. The Morgan fingerprint density at radius 1 is 1.36 bits per heavy atom. The number of hydrogen-bond acceptors (Lipinski definition) is 4. The molecule has 7 heteroatoms. The summed E-state index contributed by atoms with van der Waals surface area (Å²) in [4.78, 5) is 18.8. The molecule has 0 saturated carbocycles. The lowest BCUT2D eigenvalue weighted by molar-refractivity contribution is -0.116. The first-order valence-electron chi connectivity index (χ1n) is 8.12. The van der Waals surface area contributed by atoms with Gasteiger partial charge in [0.25, 0.3) is 0 Å². The van der Waals surface area contributed by atoms with E-state index in [1.165, 1.54) is 5.56 Å². The van der Waals surface area contributed by atoms with Gasteiger partial charge in [0.2, 0.25) is 5.91 Å². The van der Waals surface area contributed by atoms with E-state index < -0.39 is 0 Å². The lowest BCUT2D eigenvalue weighted by Gasteiger charge is -2.36. The number of aromatic nitrogens is 1. The molecule has 1 atom stereocenters. The predicted octanol–water partition coefficient (Wildman–Crippen LogP) is 3.24. The lowest BCUT2D eigenvalue weighted by Crippen LogP contribution is -2.46. The van der Waals surface area contributed by atoms with E-state index in [2.05, 4.69) is 42.5 Å². The second kappa shape index (κ2) is 9.87. The van der Waals surface area contributed by atoms with Crippen LogP contribution in [0.4, 0.5) is 5.69 Å². The SMILES string of the molecule is Cl.O=C(CCN1CCNCC1c1cccnc1)Nc1cccc(Br)c1. The van der Waals surface area contributed by atoms with Gasteiger partial charge < -0.3 is 10.6 Å². The molecule has 5 nitrogen and oxygen atoms in total. The number of carbonyl (C=O) groups excluding carboxylic acids is 1. The molecule has 1 saturated heterocycles. The summed E-state index contributed by atoms with van der Waals surface area (Å²) in [6.45, 7) is 3.51. The van der Waals surface area contributed by atoms with Gasteiger partial charge in [0, 0.05) is 61.2 Å². The molecule has 0 bridgehead atoms. The van der Waals surface area contributed by atoms with E-state index in [4.69, 9.17) is 0 Å². The molecule has 3 rings (SSSR count). The smallest absolute Gasteiger partial charge is 0.225 e. The quantitative estimate of drug-likeness (QED) is 0.772. The van der Waals surface area contributed by atoms with Crippen LogP contribution in [0.25, 0.3) is 0 Å². The van der Waals surface area contributed by atoms with E-state index >= 15 is 0 Å². The van der Waals surface area contributed by atoms with Crippen molar-refractivity contribution >= 4 is 39.9 Å². The minimum Gasteiger partial charge on any atom is -0.326 e. The fraction of sp³-hybridized carbons (Fsp3) is 0.333. The van der Waals surface area contributed by atoms with E-state index in [1.807, 2.05) is 36.5 Å². The van der Waals surface area contributed by atoms with Crippen molar-refractivity contribution in [2.75, 3.05) is 31.5 Å². The van der Waals surface area contributed by atoms with E-state index in [0.717, 1.165) is 36.3 Å². The van der Waals surface area contributed by atoms with Gasteiger partial charge in [-0.25, -0.2) is 0 Å². The molecule has 1 amide bonds. The zero-order chi connectivity index (χ0) is 16.8. The normalized spacial score (nSPS) is 17.6. The fourth-order valence-electron chi connectivity index (χ4n) is 2.95. The van der Waals surface area contributed by atoms with Gasteiger partial charge in [-0.3, -0.25) is 14.7 Å². The number of hydrogen-bond donors (Lipinski definition) is 2. The molecule has 2 N–H and O–H groups in total. The van der Waals surface area contributed by atoms with Crippen molar-refractivity contribution < 1.29 is 4.79 Å². The Labute approximate surface area is 162 Å². The number of pyridine rings is 1. The number of amides is 1. The number of nitrogens with one attached hydrogen (secondary N) is 2. The van der Waals surface area contributed by atoms with Crippen molar-refractivity contribution in [2.45, 2.75) is 12.5 Å². The number of halogens is 2. The van der Waals surface area contributed by atoms with Crippen LogP contribution in [0.2, 0.25) is 0 Å². The first-order chi connectivity index (χ1) is 11.7.